The van der Waals surface area contributed by atoms with Crippen LogP contribution in [0.5, 0.6) is 0 Å². The zero-order valence-electron chi connectivity index (χ0n) is 11.1. The van der Waals surface area contributed by atoms with Gasteiger partial charge in [-0.1, -0.05) is 23.7 Å². The molecule has 2 rings (SSSR count). The molecule has 2 aromatic rings. The second-order valence-corrected chi connectivity index (χ2v) is 5.49. The summed E-state index contributed by atoms with van der Waals surface area (Å²) >= 11 is 6.17. The van der Waals surface area contributed by atoms with Crippen LogP contribution in [0, 0.1) is 6.92 Å². The number of halogens is 1. The fraction of sp³-hybridized carbons (Fsp3) is 0.286. The van der Waals surface area contributed by atoms with Gasteiger partial charge in [0.25, 0.3) is 0 Å². The number of aromatic nitrogens is 2. The zero-order valence-corrected chi connectivity index (χ0v) is 11.9. The van der Waals surface area contributed by atoms with Crippen molar-refractivity contribution in [1.82, 2.24) is 9.78 Å². The maximum atomic E-state index is 12.0. The molecule has 1 aromatic heterocycles. The van der Waals surface area contributed by atoms with Crippen molar-refractivity contribution >= 4 is 11.6 Å². The fourth-order valence-corrected chi connectivity index (χ4v) is 2.08. The van der Waals surface area contributed by atoms with E-state index in [0.717, 1.165) is 5.69 Å². The number of benzene rings is 1. The van der Waals surface area contributed by atoms with Crippen molar-refractivity contribution in [3.63, 3.8) is 0 Å². The third-order valence-corrected chi connectivity index (χ3v) is 3.12. The molecule has 0 aliphatic heterocycles. The predicted molar refractivity (Wildman–Crippen MR) is 76.8 cm³/mol. The van der Waals surface area contributed by atoms with E-state index in [1.165, 1.54) is 6.07 Å². The summed E-state index contributed by atoms with van der Waals surface area (Å²) in [6.07, 6.45) is 0. The summed E-state index contributed by atoms with van der Waals surface area (Å²) in [4.78, 5) is 12.0. The van der Waals surface area contributed by atoms with Crippen molar-refractivity contribution in [2.45, 2.75) is 26.3 Å². The van der Waals surface area contributed by atoms with Gasteiger partial charge >= 0.3 is 0 Å². The Balaban J connectivity index is 2.72. The standard InChI is InChI=1S/C14H16ClN3O/c1-9-8-12(19)13(14(2,3)16)17-18(9)11-7-5-4-6-10(11)15/h4-8H,16H2,1-3H3. The molecule has 1 aromatic carbocycles. The molecule has 0 fully saturated rings. The van der Waals surface area contributed by atoms with Gasteiger partial charge in [-0.3, -0.25) is 4.79 Å². The molecule has 0 unspecified atom stereocenters. The molecule has 0 spiro atoms. The Bertz CT molecular complexity index is 671. The Labute approximate surface area is 116 Å². The minimum absolute atomic E-state index is 0.159. The second kappa shape index (κ2) is 4.79. The van der Waals surface area contributed by atoms with Gasteiger partial charge in [0.2, 0.25) is 5.43 Å². The first-order chi connectivity index (χ1) is 8.80. The summed E-state index contributed by atoms with van der Waals surface area (Å²) in [6.45, 7) is 5.32. The van der Waals surface area contributed by atoms with Gasteiger partial charge in [-0.2, -0.15) is 5.10 Å². The molecule has 0 aliphatic carbocycles. The van der Waals surface area contributed by atoms with Gasteiger partial charge in [0.15, 0.2) is 0 Å². The molecule has 0 aliphatic rings. The Morgan fingerprint density at radius 2 is 1.95 bits per heavy atom. The lowest BCUT2D eigenvalue weighted by Gasteiger charge is -2.20. The molecule has 1 heterocycles. The molecule has 0 amide bonds. The lowest BCUT2D eigenvalue weighted by Crippen LogP contribution is -2.37. The topological polar surface area (TPSA) is 60.9 Å². The average Bonchev–Trinajstić information content (AvgIpc) is 2.29. The van der Waals surface area contributed by atoms with Crippen LogP contribution in [0.1, 0.15) is 25.2 Å². The van der Waals surface area contributed by atoms with Gasteiger partial charge in [-0.25, -0.2) is 4.68 Å². The summed E-state index contributed by atoms with van der Waals surface area (Å²) < 4.78 is 1.65. The molecule has 0 bridgehead atoms. The van der Waals surface area contributed by atoms with Gasteiger partial charge in [-0.15, -0.1) is 0 Å². The molecule has 0 atom stereocenters. The average molecular weight is 278 g/mol. The molecule has 0 saturated heterocycles. The first-order valence-electron chi connectivity index (χ1n) is 5.96. The molecule has 5 heteroatoms. The monoisotopic (exact) mass is 277 g/mol. The molecule has 4 nitrogen and oxygen atoms in total. The van der Waals surface area contributed by atoms with Crippen molar-refractivity contribution in [3.05, 3.63) is 57.0 Å². The third kappa shape index (κ3) is 2.69. The van der Waals surface area contributed by atoms with Crippen LogP contribution in [0.25, 0.3) is 5.69 Å². The van der Waals surface area contributed by atoms with Crippen LogP contribution in [-0.4, -0.2) is 9.78 Å². The van der Waals surface area contributed by atoms with E-state index in [2.05, 4.69) is 5.10 Å². The lowest BCUT2D eigenvalue weighted by molar-refractivity contribution is 0.510. The van der Waals surface area contributed by atoms with Crippen molar-refractivity contribution in [3.8, 4) is 5.69 Å². The summed E-state index contributed by atoms with van der Waals surface area (Å²) in [5.74, 6) is 0. The number of rotatable bonds is 2. The van der Waals surface area contributed by atoms with Gasteiger partial charge in [0, 0.05) is 11.8 Å². The Morgan fingerprint density at radius 1 is 1.32 bits per heavy atom. The Hall–Kier alpha value is -1.65. The molecule has 19 heavy (non-hydrogen) atoms. The fourth-order valence-electron chi connectivity index (χ4n) is 1.86. The normalized spacial score (nSPS) is 11.6. The van der Waals surface area contributed by atoms with Gasteiger partial charge in [0.05, 0.1) is 16.2 Å². The van der Waals surface area contributed by atoms with E-state index in [1.807, 2.05) is 25.1 Å². The maximum absolute atomic E-state index is 12.0. The number of nitrogens with two attached hydrogens (primary N) is 1. The van der Waals surface area contributed by atoms with E-state index in [-0.39, 0.29) is 5.43 Å². The van der Waals surface area contributed by atoms with Crippen molar-refractivity contribution < 1.29 is 0 Å². The van der Waals surface area contributed by atoms with Crippen LogP contribution < -0.4 is 11.2 Å². The number of hydrogen-bond donors (Lipinski definition) is 1. The minimum Gasteiger partial charge on any atom is -0.320 e. The first-order valence-corrected chi connectivity index (χ1v) is 6.34. The van der Waals surface area contributed by atoms with Crippen molar-refractivity contribution in [2.75, 3.05) is 0 Å². The highest BCUT2D eigenvalue weighted by Gasteiger charge is 2.21. The predicted octanol–water partition coefficient (Wildman–Crippen LogP) is 2.39. The van der Waals surface area contributed by atoms with Gasteiger partial charge in [0.1, 0.15) is 5.69 Å². The van der Waals surface area contributed by atoms with Crippen LogP contribution in [0.2, 0.25) is 5.02 Å². The van der Waals surface area contributed by atoms with E-state index in [0.29, 0.717) is 16.4 Å². The van der Waals surface area contributed by atoms with Crippen LogP contribution in [0.3, 0.4) is 0 Å². The smallest absolute Gasteiger partial charge is 0.205 e. The molecule has 100 valence electrons. The van der Waals surface area contributed by atoms with Crippen LogP contribution in [0.4, 0.5) is 0 Å². The van der Waals surface area contributed by atoms with Gasteiger partial charge in [-0.05, 0) is 32.9 Å². The molecular weight excluding hydrogens is 262 g/mol. The number of aryl methyl sites for hydroxylation is 1. The third-order valence-electron chi connectivity index (χ3n) is 2.80. The van der Waals surface area contributed by atoms with E-state index >= 15 is 0 Å². The highest BCUT2D eigenvalue weighted by atomic mass is 35.5. The van der Waals surface area contributed by atoms with Crippen molar-refractivity contribution in [1.29, 1.82) is 0 Å². The molecule has 2 N–H and O–H groups in total. The van der Waals surface area contributed by atoms with E-state index in [9.17, 15) is 4.79 Å². The highest BCUT2D eigenvalue weighted by Crippen LogP contribution is 2.20. The maximum Gasteiger partial charge on any atom is 0.205 e. The SMILES string of the molecule is Cc1cc(=O)c(C(C)(C)N)nn1-c1ccccc1Cl. The van der Waals surface area contributed by atoms with E-state index in [4.69, 9.17) is 17.3 Å². The quantitative estimate of drug-likeness (QED) is 0.917. The largest absolute Gasteiger partial charge is 0.320 e. The molecule has 0 saturated carbocycles. The van der Waals surface area contributed by atoms with Crippen molar-refractivity contribution in [2.24, 2.45) is 5.73 Å². The van der Waals surface area contributed by atoms with Gasteiger partial charge < -0.3 is 5.73 Å². The van der Waals surface area contributed by atoms with Crippen LogP contribution in [0.15, 0.2) is 35.1 Å². The number of hydrogen-bond acceptors (Lipinski definition) is 3. The number of para-hydroxylation sites is 1. The summed E-state index contributed by atoms with van der Waals surface area (Å²) in [7, 11) is 0. The van der Waals surface area contributed by atoms with E-state index < -0.39 is 5.54 Å². The minimum atomic E-state index is -0.798. The lowest BCUT2D eigenvalue weighted by atomic mass is 10.0. The van der Waals surface area contributed by atoms with Crippen LogP contribution >= 0.6 is 11.6 Å². The summed E-state index contributed by atoms with van der Waals surface area (Å²) in [5, 5.41) is 4.94. The highest BCUT2D eigenvalue weighted by molar-refractivity contribution is 6.32. The Kier molecular flexibility index (Phi) is 3.47. The number of nitrogens with zero attached hydrogens (tertiary/aromatic N) is 2. The summed E-state index contributed by atoms with van der Waals surface area (Å²) in [5.41, 5.74) is 6.79. The van der Waals surface area contributed by atoms with E-state index in [1.54, 1.807) is 24.6 Å². The summed E-state index contributed by atoms with van der Waals surface area (Å²) in [6, 6.07) is 8.87. The zero-order chi connectivity index (χ0) is 14.2. The second-order valence-electron chi connectivity index (χ2n) is 5.08. The molecular formula is C14H16ClN3O. The first kappa shape index (κ1) is 13.8. The molecule has 0 radical (unpaired) electrons. The van der Waals surface area contributed by atoms with Crippen LogP contribution in [-0.2, 0) is 5.54 Å². The Morgan fingerprint density at radius 3 is 2.53 bits per heavy atom.